The molecule has 0 rings (SSSR count). The minimum Gasteiger partial charge on any atom is -0.468 e. The van der Waals surface area contributed by atoms with Crippen LogP contribution in [0.15, 0.2) is 0 Å². The van der Waals surface area contributed by atoms with E-state index in [1.807, 2.05) is 13.8 Å². The first-order valence-electron chi connectivity index (χ1n) is 6.22. The molecule has 0 aromatic carbocycles. The maximum Gasteiger partial charge on any atom is 0.323 e. The van der Waals surface area contributed by atoms with Crippen LogP contribution in [0.5, 0.6) is 0 Å². The highest BCUT2D eigenvalue weighted by Gasteiger charge is 2.24. The Morgan fingerprint density at radius 1 is 1.12 bits per heavy atom. The van der Waals surface area contributed by atoms with Crippen LogP contribution in [0.3, 0.4) is 0 Å². The fourth-order valence-corrected chi connectivity index (χ4v) is 1.63. The van der Waals surface area contributed by atoms with Gasteiger partial charge < -0.3 is 10.1 Å². The van der Waals surface area contributed by atoms with Gasteiger partial charge in [-0.05, 0) is 31.6 Å². The highest BCUT2D eigenvalue weighted by molar-refractivity contribution is 5.75. The molecule has 0 saturated carbocycles. The molecule has 0 fully saturated rings. The predicted octanol–water partition coefficient (Wildman–Crippen LogP) is 2.60. The van der Waals surface area contributed by atoms with Gasteiger partial charge in [0.1, 0.15) is 6.04 Å². The van der Waals surface area contributed by atoms with Crippen molar-refractivity contribution in [2.24, 2.45) is 11.8 Å². The molecule has 0 heterocycles. The van der Waals surface area contributed by atoms with Gasteiger partial charge in [0.25, 0.3) is 0 Å². The van der Waals surface area contributed by atoms with E-state index in [0.717, 1.165) is 6.42 Å². The second-order valence-electron chi connectivity index (χ2n) is 5.28. The lowest BCUT2D eigenvalue weighted by Crippen LogP contribution is -2.46. The van der Waals surface area contributed by atoms with Crippen LogP contribution in [-0.4, -0.2) is 25.2 Å². The molecule has 0 aliphatic rings. The van der Waals surface area contributed by atoms with Crippen molar-refractivity contribution >= 4 is 5.97 Å². The van der Waals surface area contributed by atoms with Crippen LogP contribution in [0.1, 0.15) is 47.5 Å². The van der Waals surface area contributed by atoms with Gasteiger partial charge >= 0.3 is 5.97 Å². The van der Waals surface area contributed by atoms with Crippen molar-refractivity contribution in [1.29, 1.82) is 0 Å². The Kier molecular flexibility index (Phi) is 7.39. The average molecular weight is 229 g/mol. The number of hydrogen-bond acceptors (Lipinski definition) is 3. The van der Waals surface area contributed by atoms with E-state index in [2.05, 4.69) is 26.1 Å². The van der Waals surface area contributed by atoms with Gasteiger partial charge in [-0.1, -0.05) is 27.7 Å². The lowest BCUT2D eigenvalue weighted by molar-refractivity contribution is -0.144. The second kappa shape index (κ2) is 7.66. The summed E-state index contributed by atoms with van der Waals surface area (Å²) in [5.74, 6) is 0.806. The number of ether oxygens (including phenoxy) is 1. The zero-order chi connectivity index (χ0) is 12.7. The number of rotatable bonds is 7. The standard InChI is InChI=1S/C13H27NO2/c1-9(2)7-8-11(5)14-12(10(3)4)13(15)16-6/h9-12,14H,7-8H2,1-6H3/t11?,12-/m0/s1. The molecule has 1 N–H and O–H groups in total. The van der Waals surface area contributed by atoms with E-state index >= 15 is 0 Å². The molecule has 0 aromatic heterocycles. The number of carbonyl (C=O) groups is 1. The smallest absolute Gasteiger partial charge is 0.323 e. The highest BCUT2D eigenvalue weighted by Crippen LogP contribution is 2.10. The van der Waals surface area contributed by atoms with E-state index in [-0.39, 0.29) is 17.9 Å². The summed E-state index contributed by atoms with van der Waals surface area (Å²) in [6, 6.07) is 0.168. The van der Waals surface area contributed by atoms with E-state index in [1.165, 1.54) is 13.5 Å². The fourth-order valence-electron chi connectivity index (χ4n) is 1.63. The van der Waals surface area contributed by atoms with Crippen molar-refractivity contribution in [2.75, 3.05) is 7.11 Å². The summed E-state index contributed by atoms with van der Waals surface area (Å²) in [5.41, 5.74) is 0. The second-order valence-corrected chi connectivity index (χ2v) is 5.28. The van der Waals surface area contributed by atoms with Gasteiger partial charge in [-0.2, -0.15) is 0 Å². The first-order valence-corrected chi connectivity index (χ1v) is 6.22. The van der Waals surface area contributed by atoms with E-state index in [9.17, 15) is 4.79 Å². The van der Waals surface area contributed by atoms with E-state index in [4.69, 9.17) is 4.74 Å². The average Bonchev–Trinajstić information content (AvgIpc) is 2.21. The maximum atomic E-state index is 11.5. The van der Waals surface area contributed by atoms with Crippen molar-refractivity contribution in [3.63, 3.8) is 0 Å². The Hall–Kier alpha value is -0.570. The highest BCUT2D eigenvalue weighted by atomic mass is 16.5. The van der Waals surface area contributed by atoms with Crippen molar-refractivity contribution < 1.29 is 9.53 Å². The first kappa shape index (κ1) is 15.4. The summed E-state index contributed by atoms with van der Waals surface area (Å²) >= 11 is 0. The Morgan fingerprint density at radius 3 is 2.06 bits per heavy atom. The van der Waals surface area contributed by atoms with Gasteiger partial charge in [0.05, 0.1) is 7.11 Å². The molecule has 0 amide bonds. The molecule has 96 valence electrons. The van der Waals surface area contributed by atoms with Crippen molar-refractivity contribution in [3.05, 3.63) is 0 Å². The minimum absolute atomic E-state index is 0.161. The largest absolute Gasteiger partial charge is 0.468 e. The van der Waals surface area contributed by atoms with Crippen LogP contribution < -0.4 is 5.32 Å². The molecule has 3 heteroatoms. The normalized spacial score (nSPS) is 15.2. The van der Waals surface area contributed by atoms with Gasteiger partial charge in [-0.15, -0.1) is 0 Å². The van der Waals surface area contributed by atoms with E-state index < -0.39 is 0 Å². The summed E-state index contributed by atoms with van der Waals surface area (Å²) in [5, 5.41) is 3.35. The van der Waals surface area contributed by atoms with Crippen molar-refractivity contribution in [2.45, 2.75) is 59.5 Å². The zero-order valence-corrected chi connectivity index (χ0v) is 11.5. The molecule has 1 unspecified atom stereocenters. The molecule has 0 bridgehead atoms. The molecule has 2 atom stereocenters. The molecule has 0 saturated heterocycles. The molecular weight excluding hydrogens is 202 g/mol. The first-order chi connectivity index (χ1) is 7.38. The third kappa shape index (κ3) is 6.11. The third-order valence-electron chi connectivity index (χ3n) is 2.76. The third-order valence-corrected chi connectivity index (χ3v) is 2.76. The molecular formula is C13H27NO2. The van der Waals surface area contributed by atoms with E-state index in [0.29, 0.717) is 12.0 Å². The predicted molar refractivity (Wildman–Crippen MR) is 67.3 cm³/mol. The molecule has 3 nitrogen and oxygen atoms in total. The van der Waals surface area contributed by atoms with E-state index in [1.54, 1.807) is 0 Å². The number of hydrogen-bond donors (Lipinski definition) is 1. The van der Waals surface area contributed by atoms with Crippen LogP contribution in [0.25, 0.3) is 0 Å². The molecule has 0 spiro atoms. The van der Waals surface area contributed by atoms with Gasteiger partial charge in [0.15, 0.2) is 0 Å². The van der Waals surface area contributed by atoms with Crippen molar-refractivity contribution in [1.82, 2.24) is 5.32 Å². The van der Waals surface area contributed by atoms with Crippen LogP contribution >= 0.6 is 0 Å². The SMILES string of the molecule is COC(=O)[C@@H](NC(C)CCC(C)C)C(C)C. The van der Waals surface area contributed by atoms with Crippen LogP contribution in [-0.2, 0) is 9.53 Å². The van der Waals surface area contributed by atoms with Gasteiger partial charge in [0.2, 0.25) is 0 Å². The minimum atomic E-state index is -0.188. The lowest BCUT2D eigenvalue weighted by atomic mass is 10.0. The zero-order valence-electron chi connectivity index (χ0n) is 11.5. The topological polar surface area (TPSA) is 38.3 Å². The van der Waals surface area contributed by atoms with Crippen molar-refractivity contribution in [3.8, 4) is 0 Å². The molecule has 0 aliphatic heterocycles. The van der Waals surface area contributed by atoms with Crippen LogP contribution in [0.4, 0.5) is 0 Å². The summed E-state index contributed by atoms with van der Waals surface area (Å²) in [6.45, 7) is 10.6. The van der Waals surface area contributed by atoms with Gasteiger partial charge in [-0.25, -0.2) is 0 Å². The molecule has 16 heavy (non-hydrogen) atoms. The quantitative estimate of drug-likeness (QED) is 0.682. The molecule has 0 aromatic rings. The number of nitrogens with one attached hydrogen (secondary N) is 1. The lowest BCUT2D eigenvalue weighted by Gasteiger charge is -2.24. The van der Waals surface area contributed by atoms with Gasteiger partial charge in [0, 0.05) is 6.04 Å². The Labute approximate surface area is 99.9 Å². The fraction of sp³-hybridized carbons (Fsp3) is 0.923. The van der Waals surface area contributed by atoms with Crippen LogP contribution in [0.2, 0.25) is 0 Å². The Morgan fingerprint density at radius 2 is 1.69 bits per heavy atom. The van der Waals surface area contributed by atoms with Crippen LogP contribution in [0, 0.1) is 11.8 Å². The number of esters is 1. The maximum absolute atomic E-state index is 11.5. The molecule has 0 radical (unpaired) electrons. The summed E-state index contributed by atoms with van der Waals surface area (Å²) in [4.78, 5) is 11.5. The summed E-state index contributed by atoms with van der Waals surface area (Å²) in [7, 11) is 1.44. The molecule has 0 aliphatic carbocycles. The number of carbonyl (C=O) groups excluding carboxylic acids is 1. The number of methoxy groups -OCH3 is 1. The Balaban J connectivity index is 4.13. The Bertz CT molecular complexity index is 202. The monoisotopic (exact) mass is 229 g/mol. The van der Waals surface area contributed by atoms with Gasteiger partial charge in [-0.3, -0.25) is 4.79 Å². The summed E-state index contributed by atoms with van der Waals surface area (Å²) < 4.78 is 4.80. The summed E-state index contributed by atoms with van der Waals surface area (Å²) in [6.07, 6.45) is 2.28.